The highest BCUT2D eigenvalue weighted by molar-refractivity contribution is 8.00. The van der Waals surface area contributed by atoms with Crippen LogP contribution in [-0.4, -0.2) is 34.2 Å². The van der Waals surface area contributed by atoms with Gasteiger partial charge in [0.2, 0.25) is 0 Å². The molecule has 1 aliphatic rings. The average Bonchev–Trinajstić information content (AvgIpc) is 2.29. The Morgan fingerprint density at radius 2 is 2.38 bits per heavy atom. The maximum absolute atomic E-state index is 9.41. The molecule has 0 radical (unpaired) electrons. The Morgan fingerprint density at radius 1 is 1.56 bits per heavy atom. The summed E-state index contributed by atoms with van der Waals surface area (Å²) in [4.78, 5) is 6.73. The monoisotopic (exact) mass is 238 g/mol. The Balaban J connectivity index is 2.09. The van der Waals surface area contributed by atoms with Crippen molar-refractivity contribution >= 4 is 17.6 Å². The van der Waals surface area contributed by atoms with E-state index in [0.717, 1.165) is 24.5 Å². The maximum atomic E-state index is 9.41. The summed E-state index contributed by atoms with van der Waals surface area (Å²) in [5.74, 6) is 2.19. The molecule has 0 aliphatic carbocycles. The Hall–Kier alpha value is -0.740. The standard InChI is InChI=1S/C12H18N2OS/c1-9-8-14(5-6-16-9)12-4-3-11(7-13-12)10(2)15/h3-4,7,9-10,15H,5-6,8H2,1-2H3/t9?,10-/m0/s1. The highest BCUT2D eigenvalue weighted by Gasteiger charge is 2.17. The van der Waals surface area contributed by atoms with E-state index in [-0.39, 0.29) is 0 Å². The predicted molar refractivity (Wildman–Crippen MR) is 69.0 cm³/mol. The van der Waals surface area contributed by atoms with E-state index in [2.05, 4.69) is 16.8 Å². The first kappa shape index (κ1) is 11.7. The molecule has 16 heavy (non-hydrogen) atoms. The topological polar surface area (TPSA) is 36.4 Å². The Kier molecular flexibility index (Phi) is 3.71. The number of thioether (sulfide) groups is 1. The van der Waals surface area contributed by atoms with Crippen molar-refractivity contribution in [1.82, 2.24) is 4.98 Å². The summed E-state index contributed by atoms with van der Waals surface area (Å²) in [5, 5.41) is 10.1. The van der Waals surface area contributed by atoms with Crippen LogP contribution < -0.4 is 4.90 Å². The second-order valence-electron chi connectivity index (χ2n) is 4.25. The Morgan fingerprint density at radius 3 is 2.94 bits per heavy atom. The minimum absolute atomic E-state index is 0.433. The van der Waals surface area contributed by atoms with Crippen LogP contribution in [-0.2, 0) is 0 Å². The third kappa shape index (κ3) is 2.68. The lowest BCUT2D eigenvalue weighted by molar-refractivity contribution is 0.199. The summed E-state index contributed by atoms with van der Waals surface area (Å²) in [6, 6.07) is 3.96. The van der Waals surface area contributed by atoms with Gasteiger partial charge in [-0.15, -0.1) is 0 Å². The van der Waals surface area contributed by atoms with Crippen molar-refractivity contribution in [3.63, 3.8) is 0 Å². The fraction of sp³-hybridized carbons (Fsp3) is 0.583. The van der Waals surface area contributed by atoms with Gasteiger partial charge in [-0.25, -0.2) is 4.98 Å². The van der Waals surface area contributed by atoms with Crippen LogP contribution in [0.3, 0.4) is 0 Å². The van der Waals surface area contributed by atoms with E-state index in [1.165, 1.54) is 5.75 Å². The summed E-state index contributed by atoms with van der Waals surface area (Å²) in [6.07, 6.45) is 1.34. The average molecular weight is 238 g/mol. The molecule has 88 valence electrons. The molecular formula is C12H18N2OS. The molecule has 0 saturated carbocycles. The van der Waals surface area contributed by atoms with Crippen molar-refractivity contribution in [3.8, 4) is 0 Å². The van der Waals surface area contributed by atoms with E-state index < -0.39 is 6.10 Å². The minimum Gasteiger partial charge on any atom is -0.389 e. The van der Waals surface area contributed by atoms with Crippen molar-refractivity contribution in [1.29, 1.82) is 0 Å². The molecule has 1 fully saturated rings. The molecule has 2 rings (SSSR count). The molecule has 2 heterocycles. The quantitative estimate of drug-likeness (QED) is 0.856. The zero-order valence-corrected chi connectivity index (χ0v) is 10.6. The molecule has 1 unspecified atom stereocenters. The van der Waals surface area contributed by atoms with Crippen LogP contribution in [0.25, 0.3) is 0 Å². The second kappa shape index (κ2) is 5.06. The summed E-state index contributed by atoms with van der Waals surface area (Å²) in [5.41, 5.74) is 0.878. The number of nitrogens with zero attached hydrogens (tertiary/aromatic N) is 2. The predicted octanol–water partition coefficient (Wildman–Crippen LogP) is 2.08. The number of rotatable bonds is 2. The highest BCUT2D eigenvalue weighted by atomic mass is 32.2. The van der Waals surface area contributed by atoms with Crippen LogP contribution in [0.5, 0.6) is 0 Å². The lowest BCUT2D eigenvalue weighted by Crippen LogP contribution is -2.37. The van der Waals surface area contributed by atoms with Crippen LogP contribution in [0.15, 0.2) is 18.3 Å². The van der Waals surface area contributed by atoms with Gasteiger partial charge in [0.25, 0.3) is 0 Å². The zero-order valence-electron chi connectivity index (χ0n) is 9.76. The van der Waals surface area contributed by atoms with E-state index in [1.54, 1.807) is 13.1 Å². The lowest BCUT2D eigenvalue weighted by Gasteiger charge is -2.31. The fourth-order valence-corrected chi connectivity index (χ4v) is 2.87. The van der Waals surface area contributed by atoms with E-state index in [1.807, 2.05) is 23.9 Å². The molecule has 0 amide bonds. The molecule has 0 bridgehead atoms. The van der Waals surface area contributed by atoms with Crippen LogP contribution in [0.4, 0.5) is 5.82 Å². The SMILES string of the molecule is CC1CN(c2ccc([C@H](C)O)cn2)CCS1. The van der Waals surface area contributed by atoms with Gasteiger partial charge in [-0.1, -0.05) is 13.0 Å². The molecule has 2 atom stereocenters. The number of anilines is 1. The third-order valence-corrected chi connectivity index (χ3v) is 3.95. The van der Waals surface area contributed by atoms with Gasteiger partial charge in [-0.2, -0.15) is 11.8 Å². The Labute approximate surface area is 101 Å². The first-order chi connectivity index (χ1) is 7.66. The van der Waals surface area contributed by atoms with E-state index in [4.69, 9.17) is 0 Å². The van der Waals surface area contributed by atoms with Crippen LogP contribution in [0, 0.1) is 0 Å². The first-order valence-corrected chi connectivity index (χ1v) is 6.72. The van der Waals surface area contributed by atoms with Gasteiger partial charge < -0.3 is 10.0 Å². The van der Waals surface area contributed by atoms with Gasteiger partial charge in [0, 0.05) is 30.3 Å². The van der Waals surface area contributed by atoms with E-state index in [9.17, 15) is 5.11 Å². The Bertz CT molecular complexity index is 339. The van der Waals surface area contributed by atoms with Crippen molar-refractivity contribution < 1.29 is 5.11 Å². The van der Waals surface area contributed by atoms with E-state index in [0.29, 0.717) is 5.25 Å². The van der Waals surface area contributed by atoms with Gasteiger partial charge in [0.15, 0.2) is 0 Å². The highest BCUT2D eigenvalue weighted by Crippen LogP contribution is 2.23. The van der Waals surface area contributed by atoms with Gasteiger partial charge >= 0.3 is 0 Å². The molecule has 1 saturated heterocycles. The molecule has 3 nitrogen and oxygen atoms in total. The van der Waals surface area contributed by atoms with Crippen LogP contribution in [0.2, 0.25) is 0 Å². The molecule has 0 spiro atoms. The van der Waals surface area contributed by atoms with Crippen LogP contribution >= 0.6 is 11.8 Å². The smallest absolute Gasteiger partial charge is 0.128 e. The number of hydrogen-bond acceptors (Lipinski definition) is 4. The summed E-state index contributed by atoms with van der Waals surface area (Å²) in [6.45, 7) is 6.14. The van der Waals surface area contributed by atoms with Gasteiger partial charge in [-0.05, 0) is 18.6 Å². The second-order valence-corrected chi connectivity index (χ2v) is 5.80. The van der Waals surface area contributed by atoms with Crippen molar-refractivity contribution in [3.05, 3.63) is 23.9 Å². The molecule has 1 N–H and O–H groups in total. The molecule has 1 aliphatic heterocycles. The summed E-state index contributed by atoms with van der Waals surface area (Å²) < 4.78 is 0. The number of aliphatic hydroxyl groups is 1. The summed E-state index contributed by atoms with van der Waals surface area (Å²) >= 11 is 2.02. The fourth-order valence-electron chi connectivity index (χ4n) is 1.86. The molecule has 1 aromatic rings. The largest absolute Gasteiger partial charge is 0.389 e. The molecule has 4 heteroatoms. The summed E-state index contributed by atoms with van der Waals surface area (Å²) in [7, 11) is 0. The van der Waals surface area contributed by atoms with Gasteiger partial charge in [0.1, 0.15) is 5.82 Å². The molecular weight excluding hydrogens is 220 g/mol. The zero-order chi connectivity index (χ0) is 11.5. The number of hydrogen-bond donors (Lipinski definition) is 1. The number of aliphatic hydroxyl groups excluding tert-OH is 1. The minimum atomic E-state index is -0.433. The van der Waals surface area contributed by atoms with Gasteiger partial charge in [-0.3, -0.25) is 0 Å². The van der Waals surface area contributed by atoms with Crippen LogP contribution in [0.1, 0.15) is 25.5 Å². The van der Waals surface area contributed by atoms with Crippen molar-refractivity contribution in [2.45, 2.75) is 25.2 Å². The number of aromatic nitrogens is 1. The third-order valence-electron chi connectivity index (χ3n) is 2.82. The lowest BCUT2D eigenvalue weighted by atomic mass is 10.2. The molecule has 1 aromatic heterocycles. The van der Waals surface area contributed by atoms with E-state index >= 15 is 0 Å². The maximum Gasteiger partial charge on any atom is 0.128 e. The van der Waals surface area contributed by atoms with Crippen molar-refractivity contribution in [2.24, 2.45) is 0 Å². The van der Waals surface area contributed by atoms with Gasteiger partial charge in [0.05, 0.1) is 6.10 Å². The molecule has 0 aromatic carbocycles. The number of pyridine rings is 1. The first-order valence-electron chi connectivity index (χ1n) is 5.67. The normalized spacial score (nSPS) is 23.2. The van der Waals surface area contributed by atoms with Crippen molar-refractivity contribution in [2.75, 3.05) is 23.7 Å².